The van der Waals surface area contributed by atoms with E-state index in [0.29, 0.717) is 26.2 Å². The monoisotopic (exact) mass is 521 g/mol. The van der Waals surface area contributed by atoms with E-state index >= 15 is 0 Å². The summed E-state index contributed by atoms with van der Waals surface area (Å²) in [7, 11) is -2.99. The van der Waals surface area contributed by atoms with Crippen molar-refractivity contribution in [2.75, 3.05) is 23.9 Å². The van der Waals surface area contributed by atoms with Gasteiger partial charge in [0.15, 0.2) is 0 Å². The minimum atomic E-state index is -2.99. The van der Waals surface area contributed by atoms with Crippen LogP contribution in [0.15, 0.2) is 54.6 Å². The molecule has 2 aliphatic rings. The van der Waals surface area contributed by atoms with E-state index in [1.165, 1.54) is 6.26 Å². The van der Waals surface area contributed by atoms with Gasteiger partial charge in [0.25, 0.3) is 0 Å². The number of carboxylic acid groups (broad SMARTS) is 1. The zero-order valence-electron chi connectivity index (χ0n) is 21.0. The quantitative estimate of drug-likeness (QED) is 0.355. The average Bonchev–Trinajstić information content (AvgIpc) is 3.66. The molecule has 3 aromatic carbocycles. The second kappa shape index (κ2) is 10.1. The predicted octanol–water partition coefficient (Wildman–Crippen LogP) is 5.17. The summed E-state index contributed by atoms with van der Waals surface area (Å²) in [6, 6.07) is 18.2. The van der Waals surface area contributed by atoms with Crippen molar-refractivity contribution in [2.45, 2.75) is 38.8 Å². The van der Waals surface area contributed by atoms with Gasteiger partial charge in [0.05, 0.1) is 18.3 Å². The molecule has 0 amide bonds. The maximum absolute atomic E-state index is 11.3. The number of carbonyl (C=O) groups is 1. The second-order valence-corrected chi connectivity index (χ2v) is 12.2. The van der Waals surface area contributed by atoms with Gasteiger partial charge in [-0.2, -0.15) is 0 Å². The number of fused-ring (bicyclic) bond motifs is 3. The number of hydrogen-bond acceptors (Lipinski definition) is 6. The molecule has 2 unspecified atom stereocenters. The standard InChI is InChI=1S/C29H31NO6S/c1-18-12-23(35-10-3-11-37(2,33)34)14-21-17-36-27-9-4-19(13-26(27)28(18)21)16-30-22-7-5-20(6-8-22)24-15-25(24)29(31)32/h4-9,12-14,24-25,30H,3,10-11,15-17H2,1-2H3,(H,31,32). The molecular formula is C29H31NO6S. The fourth-order valence-electron chi connectivity index (χ4n) is 4.97. The molecule has 2 N–H and O–H groups in total. The van der Waals surface area contributed by atoms with Crippen LogP contribution in [0.1, 0.15) is 41.0 Å². The van der Waals surface area contributed by atoms with Gasteiger partial charge in [-0.15, -0.1) is 0 Å². The molecule has 1 aliphatic heterocycles. The Morgan fingerprint density at radius 2 is 1.92 bits per heavy atom. The van der Waals surface area contributed by atoms with Crippen molar-refractivity contribution in [3.05, 3.63) is 76.9 Å². The Morgan fingerprint density at radius 3 is 2.62 bits per heavy atom. The normalized spacial score (nSPS) is 17.8. The molecule has 0 spiro atoms. The lowest BCUT2D eigenvalue weighted by Crippen LogP contribution is -2.10. The molecule has 0 bridgehead atoms. The predicted molar refractivity (Wildman–Crippen MR) is 143 cm³/mol. The molecule has 1 aliphatic carbocycles. The van der Waals surface area contributed by atoms with Crippen LogP contribution in [-0.4, -0.2) is 38.1 Å². The van der Waals surface area contributed by atoms with Crippen molar-refractivity contribution in [3.8, 4) is 22.6 Å². The fourth-order valence-corrected chi connectivity index (χ4v) is 5.61. The summed E-state index contributed by atoms with van der Waals surface area (Å²) in [4.78, 5) is 11.1. The van der Waals surface area contributed by atoms with E-state index < -0.39 is 15.8 Å². The van der Waals surface area contributed by atoms with Gasteiger partial charge in [0.2, 0.25) is 0 Å². The average molecular weight is 522 g/mol. The summed E-state index contributed by atoms with van der Waals surface area (Å²) in [5.41, 5.74) is 7.51. The number of ether oxygens (including phenoxy) is 2. The Hall–Kier alpha value is -3.52. The molecule has 0 radical (unpaired) electrons. The molecule has 1 saturated carbocycles. The van der Waals surface area contributed by atoms with Crippen LogP contribution in [0.25, 0.3) is 11.1 Å². The topological polar surface area (TPSA) is 102 Å². The smallest absolute Gasteiger partial charge is 0.307 e. The molecule has 3 aromatic rings. The molecule has 8 heteroatoms. The number of rotatable bonds is 10. The lowest BCUT2D eigenvalue weighted by atomic mass is 9.91. The van der Waals surface area contributed by atoms with Crippen molar-refractivity contribution >= 4 is 21.5 Å². The van der Waals surface area contributed by atoms with Crippen molar-refractivity contribution < 1.29 is 27.8 Å². The van der Waals surface area contributed by atoms with Crippen LogP contribution in [0, 0.1) is 12.8 Å². The molecule has 194 valence electrons. The molecule has 1 heterocycles. The third-order valence-corrected chi connectivity index (χ3v) is 7.99. The first-order chi connectivity index (χ1) is 17.7. The Kier molecular flexibility index (Phi) is 6.86. The highest BCUT2D eigenvalue weighted by Gasteiger charge is 2.44. The van der Waals surface area contributed by atoms with Crippen LogP contribution in [0.3, 0.4) is 0 Å². The first-order valence-corrected chi connectivity index (χ1v) is 14.5. The lowest BCUT2D eigenvalue weighted by Gasteiger charge is -2.24. The molecule has 0 saturated heterocycles. The highest BCUT2D eigenvalue weighted by molar-refractivity contribution is 7.90. The Bertz CT molecular complexity index is 1430. The molecular weight excluding hydrogens is 490 g/mol. The zero-order valence-corrected chi connectivity index (χ0v) is 21.8. The first-order valence-electron chi connectivity index (χ1n) is 12.4. The Balaban J connectivity index is 1.25. The van der Waals surface area contributed by atoms with Crippen LogP contribution in [0.4, 0.5) is 5.69 Å². The number of aliphatic carboxylic acids is 1. The van der Waals surface area contributed by atoms with Gasteiger partial charge >= 0.3 is 5.97 Å². The number of nitrogens with one attached hydrogen (secondary N) is 1. The molecule has 0 aromatic heterocycles. The summed E-state index contributed by atoms with van der Waals surface area (Å²) in [5.74, 6) is 0.856. The highest BCUT2D eigenvalue weighted by atomic mass is 32.2. The van der Waals surface area contributed by atoms with Crippen molar-refractivity contribution in [2.24, 2.45) is 5.92 Å². The number of sulfone groups is 1. The van der Waals surface area contributed by atoms with Crippen LogP contribution in [0.5, 0.6) is 11.5 Å². The van der Waals surface area contributed by atoms with Crippen molar-refractivity contribution in [1.82, 2.24) is 0 Å². The van der Waals surface area contributed by atoms with Crippen molar-refractivity contribution in [1.29, 1.82) is 0 Å². The third-order valence-electron chi connectivity index (χ3n) is 6.96. The molecule has 37 heavy (non-hydrogen) atoms. The fraction of sp³-hybridized carbons (Fsp3) is 0.345. The van der Waals surface area contributed by atoms with Gasteiger partial charge < -0.3 is 19.9 Å². The van der Waals surface area contributed by atoms with E-state index in [2.05, 4.69) is 24.4 Å². The van der Waals surface area contributed by atoms with E-state index in [-0.39, 0.29) is 17.6 Å². The van der Waals surface area contributed by atoms with Crippen molar-refractivity contribution in [3.63, 3.8) is 0 Å². The summed E-state index contributed by atoms with van der Waals surface area (Å²) >= 11 is 0. The number of benzene rings is 3. The minimum absolute atomic E-state index is 0.111. The van der Waals surface area contributed by atoms with Crippen LogP contribution < -0.4 is 14.8 Å². The summed E-state index contributed by atoms with van der Waals surface area (Å²) < 4.78 is 34.5. The summed E-state index contributed by atoms with van der Waals surface area (Å²) in [6.07, 6.45) is 2.41. The van der Waals surface area contributed by atoms with E-state index in [0.717, 1.165) is 57.0 Å². The van der Waals surface area contributed by atoms with Gasteiger partial charge in [0, 0.05) is 29.6 Å². The number of carboxylic acids is 1. The second-order valence-electron chi connectivity index (χ2n) is 9.99. The van der Waals surface area contributed by atoms with Gasteiger partial charge in [-0.25, -0.2) is 8.42 Å². The Labute approximate surface area is 217 Å². The number of aryl methyl sites for hydroxylation is 1. The minimum Gasteiger partial charge on any atom is -0.494 e. The summed E-state index contributed by atoms with van der Waals surface area (Å²) in [5, 5.41) is 12.6. The maximum atomic E-state index is 11.3. The molecule has 5 rings (SSSR count). The first kappa shape index (κ1) is 25.1. The molecule has 2 atom stereocenters. The van der Waals surface area contributed by atoms with E-state index in [1.807, 2.05) is 42.5 Å². The molecule has 1 fully saturated rings. The SMILES string of the molecule is Cc1cc(OCCCS(C)(=O)=O)cc2c1-c1cc(CNc3ccc(C4CC4C(=O)O)cc3)ccc1OC2. The number of anilines is 1. The zero-order chi connectivity index (χ0) is 26.2. The molecule has 7 nitrogen and oxygen atoms in total. The maximum Gasteiger partial charge on any atom is 0.307 e. The summed E-state index contributed by atoms with van der Waals surface area (Å²) in [6.45, 7) is 3.50. The van der Waals surface area contributed by atoms with Gasteiger partial charge in [-0.3, -0.25) is 4.79 Å². The van der Waals surface area contributed by atoms with Crippen LogP contribution >= 0.6 is 0 Å². The highest BCUT2D eigenvalue weighted by Crippen LogP contribution is 2.47. The van der Waals surface area contributed by atoms with E-state index in [9.17, 15) is 13.2 Å². The van der Waals surface area contributed by atoms with E-state index in [1.54, 1.807) is 0 Å². The van der Waals surface area contributed by atoms with Gasteiger partial charge in [-0.05, 0) is 84.3 Å². The van der Waals surface area contributed by atoms with Gasteiger partial charge in [0.1, 0.15) is 27.9 Å². The van der Waals surface area contributed by atoms with Crippen LogP contribution in [0.2, 0.25) is 0 Å². The van der Waals surface area contributed by atoms with E-state index in [4.69, 9.17) is 14.6 Å². The largest absolute Gasteiger partial charge is 0.494 e. The third kappa shape index (κ3) is 5.91. The Morgan fingerprint density at radius 1 is 1.14 bits per heavy atom. The van der Waals surface area contributed by atoms with Crippen LogP contribution in [-0.2, 0) is 27.8 Å². The van der Waals surface area contributed by atoms with Gasteiger partial charge in [-0.1, -0.05) is 18.2 Å². The number of hydrogen-bond donors (Lipinski definition) is 2. The lowest BCUT2D eigenvalue weighted by molar-refractivity contribution is -0.138.